The molecule has 8 aromatic carbocycles. The molecule has 2 nitrogen and oxygen atoms in total. The number of benzene rings is 8. The van der Waals surface area contributed by atoms with Crippen molar-refractivity contribution in [3.63, 3.8) is 0 Å². The number of aromatic nitrogens is 2. The Hall–Kier alpha value is -6.77. The molecule has 238 valence electrons. The van der Waals surface area contributed by atoms with Crippen LogP contribution in [0, 0.1) is 0 Å². The summed E-state index contributed by atoms with van der Waals surface area (Å²) in [5.74, 6) is 0. The molecule has 2 aromatic heterocycles. The van der Waals surface area contributed by atoms with Crippen molar-refractivity contribution in [1.29, 1.82) is 0 Å². The van der Waals surface area contributed by atoms with Crippen LogP contribution in [-0.4, -0.2) is 9.55 Å². The summed E-state index contributed by atoms with van der Waals surface area (Å²) in [6.45, 7) is 0. The van der Waals surface area contributed by atoms with Crippen molar-refractivity contribution in [2.75, 3.05) is 0 Å². The summed E-state index contributed by atoms with van der Waals surface area (Å²) in [6.07, 6.45) is 0. The maximum Gasteiger partial charge on any atom is 0.0788 e. The molecule has 0 fully saturated rings. The van der Waals surface area contributed by atoms with E-state index in [1.54, 1.807) is 0 Å². The van der Waals surface area contributed by atoms with Crippen molar-refractivity contribution >= 4 is 43.5 Å². The average molecular weight is 649 g/mol. The highest BCUT2D eigenvalue weighted by molar-refractivity contribution is 6.29. The molecule has 2 heterocycles. The van der Waals surface area contributed by atoms with Gasteiger partial charge in [-0.15, -0.1) is 0 Å². The van der Waals surface area contributed by atoms with Gasteiger partial charge in [0.2, 0.25) is 0 Å². The van der Waals surface area contributed by atoms with E-state index in [2.05, 4.69) is 199 Å². The lowest BCUT2D eigenvalue weighted by Gasteiger charge is -2.14. The molecule has 0 bridgehead atoms. The van der Waals surface area contributed by atoms with Crippen molar-refractivity contribution in [2.24, 2.45) is 0 Å². The Morgan fingerprint density at radius 3 is 1.47 bits per heavy atom. The normalized spacial score (nSPS) is 11.5. The zero-order valence-corrected chi connectivity index (χ0v) is 27.9. The minimum absolute atomic E-state index is 0.996. The molecule has 2 heteroatoms. The molecular weight excluding hydrogens is 617 g/mol. The second-order valence-corrected chi connectivity index (χ2v) is 13.2. The predicted molar refractivity (Wildman–Crippen MR) is 215 cm³/mol. The van der Waals surface area contributed by atoms with Gasteiger partial charge in [-0.05, 0) is 81.9 Å². The lowest BCUT2D eigenvalue weighted by Crippen LogP contribution is -1.94. The number of pyridine rings is 1. The van der Waals surface area contributed by atoms with Crippen LogP contribution in [0.4, 0.5) is 0 Å². The van der Waals surface area contributed by atoms with Crippen LogP contribution in [0.3, 0.4) is 0 Å². The number of fused-ring (bicyclic) bond motifs is 7. The molecule has 0 unspecified atom stereocenters. The Balaban J connectivity index is 1.17. The topological polar surface area (TPSA) is 17.8 Å². The summed E-state index contributed by atoms with van der Waals surface area (Å²) in [4.78, 5) is 5.33. The van der Waals surface area contributed by atoms with E-state index in [0.717, 1.165) is 27.8 Å². The van der Waals surface area contributed by atoms with E-state index in [1.165, 1.54) is 66.0 Å². The smallest absolute Gasteiger partial charge is 0.0788 e. The number of hydrogen-bond acceptors (Lipinski definition) is 1. The second-order valence-electron chi connectivity index (χ2n) is 13.2. The molecule has 0 saturated heterocycles. The van der Waals surface area contributed by atoms with Crippen LogP contribution < -0.4 is 0 Å². The number of para-hydroxylation sites is 3. The summed E-state index contributed by atoms with van der Waals surface area (Å²) < 4.78 is 2.39. The summed E-state index contributed by atoms with van der Waals surface area (Å²) in [6, 6.07) is 69.7. The summed E-state index contributed by atoms with van der Waals surface area (Å²) in [7, 11) is 0. The van der Waals surface area contributed by atoms with Gasteiger partial charge in [-0.3, -0.25) is 0 Å². The number of nitrogens with zero attached hydrogens (tertiary/aromatic N) is 2. The van der Waals surface area contributed by atoms with E-state index < -0.39 is 0 Å². The molecule has 0 aliphatic heterocycles. The summed E-state index contributed by atoms with van der Waals surface area (Å²) in [5, 5.41) is 6.07. The van der Waals surface area contributed by atoms with Crippen LogP contribution in [0.25, 0.3) is 93.8 Å². The van der Waals surface area contributed by atoms with Gasteiger partial charge in [0, 0.05) is 38.2 Å². The Morgan fingerprint density at radius 1 is 0.314 bits per heavy atom. The molecule has 51 heavy (non-hydrogen) atoms. The van der Waals surface area contributed by atoms with Gasteiger partial charge in [-0.25, -0.2) is 4.98 Å². The van der Waals surface area contributed by atoms with Gasteiger partial charge in [0.25, 0.3) is 0 Å². The first-order valence-corrected chi connectivity index (χ1v) is 17.5. The van der Waals surface area contributed by atoms with E-state index in [0.29, 0.717) is 0 Å². The molecule has 10 rings (SSSR count). The van der Waals surface area contributed by atoms with Crippen molar-refractivity contribution in [3.8, 4) is 50.3 Å². The zero-order chi connectivity index (χ0) is 33.7. The van der Waals surface area contributed by atoms with Crippen molar-refractivity contribution < 1.29 is 0 Å². The average Bonchev–Trinajstić information content (AvgIpc) is 3.56. The molecule has 10 aromatic rings. The van der Waals surface area contributed by atoms with Crippen molar-refractivity contribution in [1.82, 2.24) is 9.55 Å². The van der Waals surface area contributed by atoms with Crippen molar-refractivity contribution in [3.05, 3.63) is 194 Å². The minimum Gasteiger partial charge on any atom is -0.309 e. The van der Waals surface area contributed by atoms with Gasteiger partial charge < -0.3 is 4.57 Å². The van der Waals surface area contributed by atoms with Crippen molar-refractivity contribution in [2.45, 2.75) is 0 Å². The molecule has 0 saturated carbocycles. The van der Waals surface area contributed by atoms with E-state index in [1.807, 2.05) is 0 Å². The van der Waals surface area contributed by atoms with E-state index in [-0.39, 0.29) is 0 Å². The molecular formula is C49H32N2. The lowest BCUT2D eigenvalue weighted by atomic mass is 9.92. The van der Waals surface area contributed by atoms with Gasteiger partial charge in [-0.1, -0.05) is 146 Å². The highest BCUT2D eigenvalue weighted by atomic mass is 15.0. The summed E-state index contributed by atoms with van der Waals surface area (Å²) >= 11 is 0. The minimum atomic E-state index is 0.996. The van der Waals surface area contributed by atoms with E-state index >= 15 is 0 Å². The highest BCUT2D eigenvalue weighted by Crippen LogP contribution is 2.42. The first-order valence-electron chi connectivity index (χ1n) is 17.5. The third kappa shape index (κ3) is 4.92. The highest BCUT2D eigenvalue weighted by Gasteiger charge is 2.19. The lowest BCUT2D eigenvalue weighted by molar-refractivity contribution is 1.18. The van der Waals surface area contributed by atoms with Gasteiger partial charge in [-0.2, -0.15) is 0 Å². The quantitative estimate of drug-likeness (QED) is 0.170. The van der Waals surface area contributed by atoms with Crippen LogP contribution in [0.2, 0.25) is 0 Å². The van der Waals surface area contributed by atoms with Crippen LogP contribution in [0.1, 0.15) is 0 Å². The van der Waals surface area contributed by atoms with Gasteiger partial charge in [0.05, 0.1) is 22.2 Å². The maximum absolute atomic E-state index is 5.33. The third-order valence-electron chi connectivity index (χ3n) is 10.2. The molecule has 0 spiro atoms. The van der Waals surface area contributed by atoms with Gasteiger partial charge in [0.1, 0.15) is 0 Å². The maximum atomic E-state index is 5.33. The molecule has 0 amide bonds. The molecule has 0 N–H and O–H groups in total. The molecule has 0 radical (unpaired) electrons. The Kier molecular flexibility index (Phi) is 6.85. The third-order valence-corrected chi connectivity index (χ3v) is 10.2. The Labute approximate surface area is 296 Å². The fraction of sp³-hybridized carbons (Fsp3) is 0. The van der Waals surface area contributed by atoms with Gasteiger partial charge in [0.15, 0.2) is 0 Å². The SMILES string of the molecule is c1ccc(-c2cc(-c3ccccc3)cc(-c3ccc(-c4nc5ccccc5c5c4ccc4c5c5ccccc5n4-c4ccccc4)cc3)c2)cc1. The van der Waals surface area contributed by atoms with Crippen LogP contribution >= 0.6 is 0 Å². The standard InChI is InChI=1S/C49H32N2/c1-4-14-33(15-5-1)37-30-38(34-16-6-2-7-17-34)32-39(31-37)35-24-26-36(27-25-35)49-43-28-29-46-48(47(43)41-20-10-12-22-44(41)50-49)42-21-11-13-23-45(42)51(46)40-18-8-3-9-19-40/h1-32H. The predicted octanol–water partition coefficient (Wildman–Crippen LogP) is 13.2. The zero-order valence-electron chi connectivity index (χ0n) is 27.9. The molecule has 0 aliphatic carbocycles. The first-order chi connectivity index (χ1) is 25.3. The monoisotopic (exact) mass is 648 g/mol. The fourth-order valence-corrected chi connectivity index (χ4v) is 7.79. The number of hydrogen-bond donors (Lipinski definition) is 0. The fourth-order valence-electron chi connectivity index (χ4n) is 7.79. The van der Waals surface area contributed by atoms with Crippen LogP contribution in [-0.2, 0) is 0 Å². The van der Waals surface area contributed by atoms with Gasteiger partial charge >= 0.3 is 0 Å². The molecule has 0 atom stereocenters. The Morgan fingerprint density at radius 2 is 0.824 bits per heavy atom. The molecule has 0 aliphatic rings. The largest absolute Gasteiger partial charge is 0.309 e. The van der Waals surface area contributed by atoms with Crippen LogP contribution in [0.15, 0.2) is 194 Å². The van der Waals surface area contributed by atoms with E-state index in [4.69, 9.17) is 4.98 Å². The van der Waals surface area contributed by atoms with E-state index in [9.17, 15) is 0 Å². The first kappa shape index (κ1) is 29.2. The Bertz CT molecular complexity index is 2810. The van der Waals surface area contributed by atoms with Crippen LogP contribution in [0.5, 0.6) is 0 Å². The second kappa shape index (κ2) is 12.0. The summed E-state index contributed by atoms with van der Waals surface area (Å²) in [5.41, 5.74) is 13.8. The number of rotatable bonds is 5.